The molecule has 0 bridgehead atoms. The van der Waals surface area contributed by atoms with E-state index >= 15 is 0 Å². The number of rotatable bonds is 5. The van der Waals surface area contributed by atoms with E-state index in [4.69, 9.17) is 4.74 Å². The van der Waals surface area contributed by atoms with Crippen molar-refractivity contribution in [1.29, 1.82) is 0 Å². The van der Waals surface area contributed by atoms with Crippen molar-refractivity contribution in [2.75, 3.05) is 6.61 Å². The number of cyclic esters (lactones) is 1. The van der Waals surface area contributed by atoms with E-state index in [0.717, 1.165) is 15.6 Å². The van der Waals surface area contributed by atoms with Crippen LogP contribution in [-0.4, -0.2) is 28.8 Å². The summed E-state index contributed by atoms with van der Waals surface area (Å²) in [6.45, 7) is 0.527. The predicted molar refractivity (Wildman–Crippen MR) is 107 cm³/mol. The first-order chi connectivity index (χ1) is 13.5. The highest BCUT2D eigenvalue weighted by Crippen LogP contribution is 2.23. The number of amides is 1. The second-order valence-corrected chi connectivity index (χ2v) is 7.29. The highest BCUT2D eigenvalue weighted by molar-refractivity contribution is 9.10. The van der Waals surface area contributed by atoms with E-state index in [2.05, 4.69) is 21.2 Å². The van der Waals surface area contributed by atoms with Gasteiger partial charge in [-0.1, -0.05) is 46.3 Å². The van der Waals surface area contributed by atoms with Crippen molar-refractivity contribution in [2.45, 2.75) is 6.54 Å². The van der Waals surface area contributed by atoms with Crippen LogP contribution < -0.4 is 5.32 Å². The summed E-state index contributed by atoms with van der Waals surface area (Å²) in [6, 6.07) is 15.4. The summed E-state index contributed by atoms with van der Waals surface area (Å²) in [6.07, 6.45) is 2.86. The topological polar surface area (TPSA) is 77.4 Å². The minimum atomic E-state index is -0.795. The lowest BCUT2D eigenvalue weighted by Crippen LogP contribution is -2.31. The number of esters is 1. The number of Topliss-reactive ketones (excluding diaryl/α,β-unsaturated/α-hetero) is 1. The van der Waals surface area contributed by atoms with Gasteiger partial charge in [-0.3, -0.25) is 9.59 Å². The predicted octanol–water partition coefficient (Wildman–Crippen LogP) is 3.19. The number of ether oxygens (including phenoxy) is 1. The van der Waals surface area contributed by atoms with Crippen molar-refractivity contribution in [1.82, 2.24) is 9.88 Å². The van der Waals surface area contributed by atoms with Gasteiger partial charge in [-0.15, -0.1) is 0 Å². The largest absolute Gasteiger partial charge is 0.456 e. The van der Waals surface area contributed by atoms with Crippen LogP contribution in [0, 0.1) is 0 Å². The zero-order valence-electron chi connectivity index (χ0n) is 14.6. The van der Waals surface area contributed by atoms with Crippen molar-refractivity contribution in [3.8, 4) is 0 Å². The molecule has 28 heavy (non-hydrogen) atoms. The van der Waals surface area contributed by atoms with E-state index in [1.54, 1.807) is 6.20 Å². The zero-order valence-corrected chi connectivity index (χ0v) is 16.2. The van der Waals surface area contributed by atoms with Gasteiger partial charge in [0.05, 0.1) is 11.3 Å². The SMILES string of the molecule is O=C1C=C(NC(=O)C(=O)c2cn(Cc3ccc(Br)cc3)c3ccccc23)CO1. The maximum Gasteiger partial charge on any atom is 0.333 e. The molecule has 0 atom stereocenters. The summed E-state index contributed by atoms with van der Waals surface area (Å²) < 4.78 is 7.67. The Balaban J connectivity index is 1.64. The minimum Gasteiger partial charge on any atom is -0.456 e. The molecule has 0 fully saturated rings. The van der Waals surface area contributed by atoms with Crippen LogP contribution in [0.1, 0.15) is 15.9 Å². The minimum absolute atomic E-state index is 0.0385. The number of ketones is 1. The van der Waals surface area contributed by atoms with Crippen molar-refractivity contribution in [2.24, 2.45) is 0 Å². The molecule has 0 saturated carbocycles. The molecule has 1 aliphatic heterocycles. The van der Waals surface area contributed by atoms with Crippen LogP contribution in [0.15, 0.2) is 71.0 Å². The van der Waals surface area contributed by atoms with Crippen LogP contribution in [0.5, 0.6) is 0 Å². The molecule has 7 heteroatoms. The molecule has 0 aliphatic carbocycles. The van der Waals surface area contributed by atoms with Crippen LogP contribution in [-0.2, 0) is 20.9 Å². The lowest BCUT2D eigenvalue weighted by atomic mass is 10.1. The number of carbonyl (C=O) groups excluding carboxylic acids is 3. The molecular weight excluding hydrogens is 424 g/mol. The number of carbonyl (C=O) groups is 3. The Morgan fingerprint density at radius 3 is 2.57 bits per heavy atom. The molecule has 1 amide bonds. The summed E-state index contributed by atoms with van der Waals surface area (Å²) in [5.41, 5.74) is 2.53. The quantitative estimate of drug-likeness (QED) is 0.377. The van der Waals surface area contributed by atoms with Crippen LogP contribution in [0.4, 0.5) is 0 Å². The number of hydrogen-bond acceptors (Lipinski definition) is 4. The summed E-state index contributed by atoms with van der Waals surface area (Å²) in [7, 11) is 0. The number of halogens is 1. The standard InChI is InChI=1S/C21H15BrN2O4/c22-14-7-5-13(6-8-14)10-24-11-17(16-3-1-2-4-18(16)24)20(26)21(27)23-15-9-19(25)28-12-15/h1-9,11H,10,12H2,(H,23,27). The van der Waals surface area contributed by atoms with Crippen LogP contribution in [0.3, 0.4) is 0 Å². The second-order valence-electron chi connectivity index (χ2n) is 6.37. The number of nitrogens with one attached hydrogen (secondary N) is 1. The Morgan fingerprint density at radius 1 is 1.11 bits per heavy atom. The molecule has 140 valence electrons. The van der Waals surface area contributed by atoms with Gasteiger partial charge in [-0.25, -0.2) is 4.79 Å². The van der Waals surface area contributed by atoms with Gasteiger partial charge in [0.15, 0.2) is 0 Å². The average Bonchev–Trinajstić information content (AvgIpc) is 3.27. The van der Waals surface area contributed by atoms with E-state index in [1.807, 2.05) is 53.1 Å². The fraction of sp³-hybridized carbons (Fsp3) is 0.0952. The molecule has 6 nitrogen and oxygen atoms in total. The van der Waals surface area contributed by atoms with Gasteiger partial charge >= 0.3 is 5.97 Å². The van der Waals surface area contributed by atoms with Crippen molar-refractivity contribution < 1.29 is 19.1 Å². The van der Waals surface area contributed by atoms with Gasteiger partial charge in [0.2, 0.25) is 0 Å². The highest BCUT2D eigenvalue weighted by atomic mass is 79.9. The maximum absolute atomic E-state index is 12.8. The third-order valence-corrected chi connectivity index (χ3v) is 4.97. The van der Waals surface area contributed by atoms with Gasteiger partial charge in [0, 0.05) is 34.2 Å². The molecule has 2 heterocycles. The zero-order chi connectivity index (χ0) is 19.7. The molecule has 4 rings (SSSR count). The van der Waals surface area contributed by atoms with Crippen molar-refractivity contribution in [3.05, 3.63) is 82.1 Å². The first-order valence-electron chi connectivity index (χ1n) is 8.56. The third kappa shape index (κ3) is 3.61. The Kier molecular flexibility index (Phi) is 4.83. The third-order valence-electron chi connectivity index (χ3n) is 4.44. The molecule has 3 aromatic rings. The second kappa shape index (κ2) is 7.44. The number of nitrogens with zero attached hydrogens (tertiary/aromatic N) is 1. The van der Waals surface area contributed by atoms with Gasteiger partial charge in [-0.2, -0.15) is 0 Å². The fourth-order valence-electron chi connectivity index (χ4n) is 3.12. The number of hydrogen-bond donors (Lipinski definition) is 1. The van der Waals surface area contributed by atoms with E-state index < -0.39 is 17.7 Å². The summed E-state index contributed by atoms with van der Waals surface area (Å²) >= 11 is 3.42. The van der Waals surface area contributed by atoms with Gasteiger partial charge in [0.25, 0.3) is 11.7 Å². The number of para-hydroxylation sites is 1. The van der Waals surface area contributed by atoms with E-state index in [9.17, 15) is 14.4 Å². The van der Waals surface area contributed by atoms with Gasteiger partial charge in [0.1, 0.15) is 6.61 Å². The first kappa shape index (κ1) is 18.2. The van der Waals surface area contributed by atoms with Crippen LogP contribution >= 0.6 is 15.9 Å². The summed E-state index contributed by atoms with van der Waals surface area (Å²) in [5.74, 6) is -1.99. The van der Waals surface area contributed by atoms with Crippen LogP contribution in [0.2, 0.25) is 0 Å². The maximum atomic E-state index is 12.8. The van der Waals surface area contributed by atoms with E-state index in [0.29, 0.717) is 17.5 Å². The molecule has 0 radical (unpaired) electrons. The van der Waals surface area contributed by atoms with Gasteiger partial charge < -0.3 is 14.6 Å². The molecule has 0 unspecified atom stereocenters. The van der Waals surface area contributed by atoms with Gasteiger partial charge in [-0.05, 0) is 23.8 Å². The molecular formula is C21H15BrN2O4. The number of benzene rings is 2. The average molecular weight is 439 g/mol. The molecule has 1 N–H and O–H groups in total. The van der Waals surface area contributed by atoms with Crippen molar-refractivity contribution >= 4 is 44.5 Å². The summed E-state index contributed by atoms with van der Waals surface area (Å²) in [5, 5.41) is 3.15. The molecule has 0 saturated heterocycles. The molecule has 0 spiro atoms. The Hall–Kier alpha value is -3.19. The molecule has 1 aromatic heterocycles. The lowest BCUT2D eigenvalue weighted by Gasteiger charge is -2.05. The Labute approximate surface area is 168 Å². The van der Waals surface area contributed by atoms with Crippen LogP contribution in [0.25, 0.3) is 10.9 Å². The lowest BCUT2D eigenvalue weighted by molar-refractivity contribution is -0.135. The number of aromatic nitrogens is 1. The Morgan fingerprint density at radius 2 is 1.86 bits per heavy atom. The highest BCUT2D eigenvalue weighted by Gasteiger charge is 2.24. The van der Waals surface area contributed by atoms with Crippen molar-refractivity contribution in [3.63, 3.8) is 0 Å². The number of fused-ring (bicyclic) bond motifs is 1. The molecule has 2 aromatic carbocycles. The Bertz CT molecular complexity index is 1130. The first-order valence-corrected chi connectivity index (χ1v) is 9.36. The van der Waals surface area contributed by atoms with E-state index in [1.165, 1.54) is 6.08 Å². The normalized spacial score (nSPS) is 13.3. The summed E-state index contributed by atoms with van der Waals surface area (Å²) in [4.78, 5) is 36.2. The smallest absolute Gasteiger partial charge is 0.333 e. The van der Waals surface area contributed by atoms with E-state index in [-0.39, 0.29) is 12.3 Å². The fourth-order valence-corrected chi connectivity index (χ4v) is 3.38. The molecule has 1 aliphatic rings. The monoisotopic (exact) mass is 438 g/mol.